The predicted octanol–water partition coefficient (Wildman–Crippen LogP) is 1.53. The van der Waals surface area contributed by atoms with E-state index in [4.69, 9.17) is 11.2 Å². The zero-order chi connectivity index (χ0) is 12.8. The second-order valence-corrected chi connectivity index (χ2v) is 4.42. The van der Waals surface area contributed by atoms with Gasteiger partial charge < -0.3 is 9.47 Å². The fourth-order valence-electron chi connectivity index (χ4n) is 1.13. The van der Waals surface area contributed by atoms with Crippen LogP contribution in [-0.4, -0.2) is 24.6 Å². The summed E-state index contributed by atoms with van der Waals surface area (Å²) in [6.07, 6.45) is 5.24. The molecule has 0 aromatic rings. The second kappa shape index (κ2) is 6.16. The van der Waals surface area contributed by atoms with Crippen LogP contribution in [0, 0.1) is 18.3 Å². The molecule has 0 heterocycles. The molecule has 0 rings (SSSR count). The molecule has 0 fully saturated rings. The van der Waals surface area contributed by atoms with Crippen LogP contribution in [0.1, 0.15) is 33.6 Å². The van der Waals surface area contributed by atoms with Gasteiger partial charge in [0.1, 0.15) is 5.60 Å². The van der Waals surface area contributed by atoms with E-state index in [9.17, 15) is 9.59 Å². The number of terminal acetylenes is 1. The quantitative estimate of drug-likeness (QED) is 0.539. The van der Waals surface area contributed by atoms with Crippen molar-refractivity contribution in [3.63, 3.8) is 0 Å². The van der Waals surface area contributed by atoms with Crippen molar-refractivity contribution in [3.05, 3.63) is 0 Å². The van der Waals surface area contributed by atoms with Crippen molar-refractivity contribution >= 4 is 11.9 Å². The smallest absolute Gasteiger partial charge is 0.310 e. The average molecular weight is 226 g/mol. The van der Waals surface area contributed by atoms with Gasteiger partial charge in [-0.1, -0.05) is 0 Å². The maximum absolute atomic E-state index is 11.5. The van der Waals surface area contributed by atoms with Crippen LogP contribution in [0.4, 0.5) is 0 Å². The van der Waals surface area contributed by atoms with Crippen LogP contribution in [0.25, 0.3) is 0 Å². The molecule has 0 aliphatic heterocycles. The molecule has 0 saturated carbocycles. The first-order valence-electron chi connectivity index (χ1n) is 5.03. The van der Waals surface area contributed by atoms with Gasteiger partial charge in [-0.2, -0.15) is 0 Å². The fourth-order valence-corrected chi connectivity index (χ4v) is 1.13. The van der Waals surface area contributed by atoms with E-state index < -0.39 is 23.5 Å². The summed E-state index contributed by atoms with van der Waals surface area (Å²) in [4.78, 5) is 22.7. The highest BCUT2D eigenvalue weighted by atomic mass is 16.6. The molecule has 0 aromatic heterocycles. The number of methoxy groups -OCH3 is 1. The van der Waals surface area contributed by atoms with Crippen molar-refractivity contribution in [1.29, 1.82) is 0 Å². The van der Waals surface area contributed by atoms with Gasteiger partial charge in [0.15, 0.2) is 0 Å². The molecule has 16 heavy (non-hydrogen) atoms. The van der Waals surface area contributed by atoms with E-state index in [1.54, 1.807) is 20.8 Å². The van der Waals surface area contributed by atoms with E-state index in [0.29, 0.717) is 0 Å². The second-order valence-electron chi connectivity index (χ2n) is 4.42. The number of rotatable bonds is 4. The lowest BCUT2D eigenvalue weighted by Gasteiger charge is -2.20. The molecule has 0 radical (unpaired) electrons. The lowest BCUT2D eigenvalue weighted by atomic mass is 10.0. The van der Waals surface area contributed by atoms with Gasteiger partial charge in [0, 0.05) is 6.42 Å². The van der Waals surface area contributed by atoms with E-state index in [1.165, 1.54) is 7.11 Å². The Morgan fingerprint density at radius 1 is 1.38 bits per heavy atom. The van der Waals surface area contributed by atoms with Gasteiger partial charge >= 0.3 is 11.9 Å². The molecule has 0 aliphatic carbocycles. The molecule has 4 nitrogen and oxygen atoms in total. The first-order valence-corrected chi connectivity index (χ1v) is 5.03. The highest BCUT2D eigenvalue weighted by Crippen LogP contribution is 2.15. The van der Waals surface area contributed by atoms with Gasteiger partial charge in [-0.3, -0.25) is 9.59 Å². The Morgan fingerprint density at radius 2 is 1.94 bits per heavy atom. The van der Waals surface area contributed by atoms with Crippen molar-refractivity contribution in [2.45, 2.75) is 39.2 Å². The molecule has 1 unspecified atom stereocenters. The number of esters is 2. The van der Waals surface area contributed by atoms with Gasteiger partial charge in [-0.15, -0.1) is 12.3 Å². The highest BCUT2D eigenvalue weighted by molar-refractivity contribution is 5.80. The summed E-state index contributed by atoms with van der Waals surface area (Å²) < 4.78 is 9.65. The Morgan fingerprint density at radius 3 is 2.31 bits per heavy atom. The lowest BCUT2D eigenvalue weighted by molar-refractivity contribution is -0.160. The molecule has 1 atom stereocenters. The zero-order valence-corrected chi connectivity index (χ0v) is 10.2. The third-order valence-corrected chi connectivity index (χ3v) is 1.73. The monoisotopic (exact) mass is 226 g/mol. The van der Waals surface area contributed by atoms with Gasteiger partial charge in [0.25, 0.3) is 0 Å². The largest absolute Gasteiger partial charge is 0.469 e. The molecular formula is C12H18O4. The van der Waals surface area contributed by atoms with Gasteiger partial charge in [-0.25, -0.2) is 0 Å². The molecule has 0 N–H and O–H groups in total. The molecule has 0 aromatic carbocycles. The Labute approximate surface area is 96.3 Å². The zero-order valence-electron chi connectivity index (χ0n) is 10.2. The fraction of sp³-hybridized carbons (Fsp3) is 0.667. The molecular weight excluding hydrogens is 208 g/mol. The Bertz CT molecular complexity index is 293. The number of carbonyl (C=O) groups excluding carboxylic acids is 2. The molecule has 0 aliphatic rings. The lowest BCUT2D eigenvalue weighted by Crippen LogP contribution is -2.27. The van der Waals surface area contributed by atoms with Gasteiger partial charge in [0.05, 0.1) is 19.4 Å². The summed E-state index contributed by atoms with van der Waals surface area (Å²) in [5, 5.41) is 0. The first-order chi connectivity index (χ1) is 7.30. The maximum Gasteiger partial charge on any atom is 0.310 e. The third kappa shape index (κ3) is 6.07. The average Bonchev–Trinajstić information content (AvgIpc) is 2.13. The summed E-state index contributed by atoms with van der Waals surface area (Å²) >= 11 is 0. The van der Waals surface area contributed by atoms with Crippen molar-refractivity contribution in [3.8, 4) is 12.3 Å². The van der Waals surface area contributed by atoms with Crippen LogP contribution in [0.2, 0.25) is 0 Å². The van der Waals surface area contributed by atoms with Crippen LogP contribution in [0.3, 0.4) is 0 Å². The molecule has 90 valence electrons. The van der Waals surface area contributed by atoms with Gasteiger partial charge in [0.2, 0.25) is 0 Å². The Kier molecular flexibility index (Phi) is 5.59. The van der Waals surface area contributed by atoms with Crippen molar-refractivity contribution in [1.82, 2.24) is 0 Å². The number of carbonyl (C=O) groups is 2. The standard InChI is InChI=1S/C12H18O4/c1-6-7-9(11(14)15-5)8-10(13)16-12(2,3)4/h1,9H,7-8H2,2-5H3. The molecule has 0 amide bonds. The number of ether oxygens (including phenoxy) is 2. The molecule has 0 spiro atoms. The first kappa shape index (κ1) is 14.5. The summed E-state index contributed by atoms with van der Waals surface area (Å²) in [6.45, 7) is 5.29. The van der Waals surface area contributed by atoms with Crippen LogP contribution in [-0.2, 0) is 19.1 Å². The summed E-state index contributed by atoms with van der Waals surface area (Å²) in [5.41, 5.74) is -0.562. The van der Waals surface area contributed by atoms with Crippen molar-refractivity contribution in [2.75, 3.05) is 7.11 Å². The van der Waals surface area contributed by atoms with E-state index in [0.717, 1.165) is 0 Å². The molecule has 4 heteroatoms. The van der Waals surface area contributed by atoms with E-state index in [1.807, 2.05) is 0 Å². The predicted molar refractivity (Wildman–Crippen MR) is 59.4 cm³/mol. The minimum Gasteiger partial charge on any atom is -0.469 e. The summed E-state index contributed by atoms with van der Waals surface area (Å²) in [5.74, 6) is 0.793. The normalized spacial score (nSPS) is 12.4. The maximum atomic E-state index is 11.5. The highest BCUT2D eigenvalue weighted by Gasteiger charge is 2.25. The number of hydrogen-bond donors (Lipinski definition) is 0. The Hall–Kier alpha value is -1.50. The third-order valence-electron chi connectivity index (χ3n) is 1.73. The molecule has 0 bridgehead atoms. The van der Waals surface area contributed by atoms with Crippen LogP contribution < -0.4 is 0 Å². The van der Waals surface area contributed by atoms with Crippen LogP contribution in [0.15, 0.2) is 0 Å². The van der Waals surface area contributed by atoms with E-state index in [-0.39, 0.29) is 12.8 Å². The molecule has 0 saturated heterocycles. The Balaban J connectivity index is 4.36. The van der Waals surface area contributed by atoms with E-state index in [2.05, 4.69) is 10.7 Å². The van der Waals surface area contributed by atoms with Crippen LogP contribution >= 0.6 is 0 Å². The minimum absolute atomic E-state index is 0.0475. The SMILES string of the molecule is C#CCC(CC(=O)OC(C)(C)C)C(=O)OC. The number of hydrogen-bond acceptors (Lipinski definition) is 4. The summed E-state index contributed by atoms with van der Waals surface area (Å²) in [7, 11) is 1.26. The minimum atomic E-state index is -0.621. The van der Waals surface area contributed by atoms with Crippen molar-refractivity contribution in [2.24, 2.45) is 5.92 Å². The van der Waals surface area contributed by atoms with Crippen LogP contribution in [0.5, 0.6) is 0 Å². The van der Waals surface area contributed by atoms with E-state index >= 15 is 0 Å². The van der Waals surface area contributed by atoms with Crippen molar-refractivity contribution < 1.29 is 19.1 Å². The summed E-state index contributed by atoms with van der Waals surface area (Å²) in [6, 6.07) is 0. The topological polar surface area (TPSA) is 52.6 Å². The van der Waals surface area contributed by atoms with Gasteiger partial charge in [-0.05, 0) is 20.8 Å².